The molecular formula is C9H6FN3OS. The fraction of sp³-hybridized carbons (Fsp3) is 0. The molecule has 2 N–H and O–H groups in total. The van der Waals surface area contributed by atoms with E-state index in [1.165, 1.54) is 23.6 Å². The number of halogens is 1. The zero-order valence-corrected chi connectivity index (χ0v) is 8.29. The van der Waals surface area contributed by atoms with Crippen LogP contribution < -0.4 is 5.73 Å². The molecule has 1 amide bonds. The van der Waals surface area contributed by atoms with Gasteiger partial charge in [-0.15, -0.1) is 11.3 Å². The number of primary amides is 1. The maximum absolute atomic E-state index is 12.5. The minimum Gasteiger partial charge on any atom is -0.364 e. The number of nitrogens with zero attached hydrogens (tertiary/aromatic N) is 2. The lowest BCUT2D eigenvalue weighted by Crippen LogP contribution is -2.10. The van der Waals surface area contributed by atoms with E-state index in [9.17, 15) is 9.18 Å². The molecule has 0 radical (unpaired) electrons. The first-order valence-electron chi connectivity index (χ1n) is 4.04. The Morgan fingerprint density at radius 3 is 2.80 bits per heavy atom. The molecule has 0 aliphatic heterocycles. The molecular weight excluding hydrogens is 217 g/mol. The van der Waals surface area contributed by atoms with Crippen LogP contribution in [0, 0.1) is 5.95 Å². The van der Waals surface area contributed by atoms with Gasteiger partial charge in [-0.1, -0.05) is 0 Å². The maximum atomic E-state index is 12.5. The molecule has 0 saturated heterocycles. The Bertz CT molecular complexity index is 494. The van der Waals surface area contributed by atoms with Gasteiger partial charge in [0.2, 0.25) is 5.95 Å². The highest BCUT2D eigenvalue weighted by Gasteiger charge is 2.08. The van der Waals surface area contributed by atoms with Crippen molar-refractivity contribution < 1.29 is 9.18 Å². The van der Waals surface area contributed by atoms with Crippen LogP contribution in [0.15, 0.2) is 23.7 Å². The normalized spacial score (nSPS) is 10.2. The quantitative estimate of drug-likeness (QED) is 0.783. The van der Waals surface area contributed by atoms with E-state index in [-0.39, 0.29) is 5.69 Å². The number of aromatic nitrogens is 2. The fourth-order valence-electron chi connectivity index (χ4n) is 1.02. The third-order valence-electron chi connectivity index (χ3n) is 1.73. The average Bonchev–Trinajstić information content (AvgIpc) is 2.68. The molecule has 0 bridgehead atoms. The molecule has 0 spiro atoms. The summed E-state index contributed by atoms with van der Waals surface area (Å²) in [5, 5.41) is 2.15. The van der Waals surface area contributed by atoms with Crippen molar-refractivity contribution in [2.45, 2.75) is 0 Å². The largest absolute Gasteiger partial charge is 0.364 e. The van der Waals surface area contributed by atoms with Crippen molar-refractivity contribution in [1.82, 2.24) is 9.97 Å². The molecule has 76 valence electrons. The van der Waals surface area contributed by atoms with Gasteiger partial charge in [-0.05, 0) is 12.1 Å². The van der Waals surface area contributed by atoms with E-state index in [2.05, 4.69) is 9.97 Å². The number of hydrogen-bond donors (Lipinski definition) is 1. The summed E-state index contributed by atoms with van der Waals surface area (Å²) in [6, 6.07) is 2.78. The monoisotopic (exact) mass is 223 g/mol. The highest BCUT2D eigenvalue weighted by Crippen LogP contribution is 2.22. The third kappa shape index (κ3) is 1.99. The first-order valence-corrected chi connectivity index (χ1v) is 4.92. The van der Waals surface area contributed by atoms with Gasteiger partial charge in [0.05, 0.1) is 0 Å². The predicted molar refractivity (Wildman–Crippen MR) is 53.8 cm³/mol. The van der Waals surface area contributed by atoms with Crippen LogP contribution in [0.3, 0.4) is 0 Å². The highest BCUT2D eigenvalue weighted by molar-refractivity contribution is 7.13. The number of carbonyl (C=O) groups is 1. The topological polar surface area (TPSA) is 68.9 Å². The van der Waals surface area contributed by atoms with Gasteiger partial charge in [0, 0.05) is 17.1 Å². The SMILES string of the molecule is NC(=O)c1csc(-c2ccc(F)nc2)n1. The standard InChI is InChI=1S/C9H6FN3OS/c10-7-2-1-5(3-12-7)9-13-6(4-15-9)8(11)14/h1-4H,(H2,11,14). The summed E-state index contributed by atoms with van der Waals surface area (Å²) in [6.07, 6.45) is 1.36. The van der Waals surface area contributed by atoms with Crippen molar-refractivity contribution in [3.63, 3.8) is 0 Å². The van der Waals surface area contributed by atoms with Crippen molar-refractivity contribution in [3.05, 3.63) is 35.4 Å². The minimum absolute atomic E-state index is 0.208. The van der Waals surface area contributed by atoms with Crippen molar-refractivity contribution in [2.24, 2.45) is 5.73 Å². The first-order chi connectivity index (χ1) is 7.16. The molecule has 0 saturated carbocycles. The fourth-order valence-corrected chi connectivity index (χ4v) is 1.82. The molecule has 0 aromatic carbocycles. The predicted octanol–water partition coefficient (Wildman–Crippen LogP) is 1.44. The van der Waals surface area contributed by atoms with Gasteiger partial charge < -0.3 is 5.73 Å². The number of nitrogens with two attached hydrogens (primary N) is 1. The number of rotatable bonds is 2. The molecule has 0 atom stereocenters. The Morgan fingerprint density at radius 1 is 1.47 bits per heavy atom. The van der Waals surface area contributed by atoms with E-state index in [1.54, 1.807) is 11.4 Å². The molecule has 4 nitrogen and oxygen atoms in total. The van der Waals surface area contributed by atoms with Crippen LogP contribution in [-0.4, -0.2) is 15.9 Å². The molecule has 2 rings (SSSR count). The molecule has 2 heterocycles. The Morgan fingerprint density at radius 2 is 2.27 bits per heavy atom. The smallest absolute Gasteiger partial charge is 0.268 e. The second-order valence-corrected chi connectivity index (χ2v) is 3.63. The van der Waals surface area contributed by atoms with Gasteiger partial charge in [-0.2, -0.15) is 4.39 Å². The Balaban J connectivity index is 2.37. The second kappa shape index (κ2) is 3.74. The van der Waals surface area contributed by atoms with Crippen LogP contribution in [0.2, 0.25) is 0 Å². The maximum Gasteiger partial charge on any atom is 0.268 e. The van der Waals surface area contributed by atoms with Crippen LogP contribution in [-0.2, 0) is 0 Å². The molecule has 0 unspecified atom stereocenters. The summed E-state index contributed by atoms with van der Waals surface area (Å²) in [5.74, 6) is -1.13. The Hall–Kier alpha value is -1.82. The van der Waals surface area contributed by atoms with E-state index in [4.69, 9.17) is 5.73 Å². The molecule has 2 aromatic heterocycles. The Labute approximate surface area is 88.6 Å². The van der Waals surface area contributed by atoms with E-state index < -0.39 is 11.9 Å². The van der Waals surface area contributed by atoms with Crippen molar-refractivity contribution in [2.75, 3.05) is 0 Å². The zero-order valence-electron chi connectivity index (χ0n) is 7.48. The number of amides is 1. The van der Waals surface area contributed by atoms with Gasteiger partial charge in [-0.25, -0.2) is 9.97 Å². The molecule has 0 aliphatic carbocycles. The third-order valence-corrected chi connectivity index (χ3v) is 2.62. The van der Waals surface area contributed by atoms with Gasteiger partial charge in [-0.3, -0.25) is 4.79 Å². The Kier molecular flexibility index (Phi) is 2.42. The number of thiazole rings is 1. The van der Waals surface area contributed by atoms with Crippen LogP contribution in [0.4, 0.5) is 4.39 Å². The molecule has 6 heteroatoms. The van der Waals surface area contributed by atoms with E-state index in [0.717, 1.165) is 0 Å². The van der Waals surface area contributed by atoms with Crippen molar-refractivity contribution >= 4 is 17.2 Å². The summed E-state index contributed by atoms with van der Waals surface area (Å²) in [7, 11) is 0. The summed E-state index contributed by atoms with van der Waals surface area (Å²) >= 11 is 1.26. The zero-order chi connectivity index (χ0) is 10.8. The van der Waals surface area contributed by atoms with E-state index in [0.29, 0.717) is 10.6 Å². The minimum atomic E-state index is -0.576. The lowest BCUT2D eigenvalue weighted by atomic mass is 10.3. The van der Waals surface area contributed by atoms with Gasteiger partial charge >= 0.3 is 0 Å². The van der Waals surface area contributed by atoms with E-state index in [1.807, 2.05) is 0 Å². The van der Waals surface area contributed by atoms with Crippen LogP contribution in [0.1, 0.15) is 10.5 Å². The summed E-state index contributed by atoms with van der Waals surface area (Å²) in [4.78, 5) is 18.3. The molecule has 2 aromatic rings. The molecule has 0 aliphatic rings. The summed E-state index contributed by atoms with van der Waals surface area (Å²) < 4.78 is 12.5. The molecule has 15 heavy (non-hydrogen) atoms. The number of hydrogen-bond acceptors (Lipinski definition) is 4. The lowest BCUT2D eigenvalue weighted by molar-refractivity contribution is 0.0996. The number of carbonyl (C=O) groups excluding carboxylic acids is 1. The lowest BCUT2D eigenvalue weighted by Gasteiger charge is -1.93. The second-order valence-electron chi connectivity index (χ2n) is 2.77. The van der Waals surface area contributed by atoms with Crippen LogP contribution in [0.5, 0.6) is 0 Å². The average molecular weight is 223 g/mol. The first kappa shape index (κ1) is 9.72. The van der Waals surface area contributed by atoms with Crippen molar-refractivity contribution in [1.29, 1.82) is 0 Å². The van der Waals surface area contributed by atoms with E-state index >= 15 is 0 Å². The summed E-state index contributed by atoms with van der Waals surface area (Å²) in [5.41, 5.74) is 5.93. The van der Waals surface area contributed by atoms with Gasteiger partial charge in [0.15, 0.2) is 0 Å². The molecule has 0 fully saturated rings. The van der Waals surface area contributed by atoms with Crippen LogP contribution in [0.25, 0.3) is 10.6 Å². The van der Waals surface area contributed by atoms with Crippen molar-refractivity contribution in [3.8, 4) is 10.6 Å². The van der Waals surface area contributed by atoms with Gasteiger partial charge in [0.1, 0.15) is 10.7 Å². The van der Waals surface area contributed by atoms with Gasteiger partial charge in [0.25, 0.3) is 5.91 Å². The number of pyridine rings is 1. The summed E-state index contributed by atoms with van der Waals surface area (Å²) in [6.45, 7) is 0. The highest BCUT2D eigenvalue weighted by atomic mass is 32.1. The van der Waals surface area contributed by atoms with Crippen LogP contribution >= 0.6 is 11.3 Å².